The van der Waals surface area contributed by atoms with Crippen molar-refractivity contribution >= 4 is 5.97 Å². The summed E-state index contributed by atoms with van der Waals surface area (Å²) in [5, 5.41) is 13.9. The number of carboxylic acids is 1. The third-order valence-electron chi connectivity index (χ3n) is 4.09. The molecule has 2 N–H and O–H groups in total. The molecule has 2 heterocycles. The molecule has 1 unspecified atom stereocenters. The van der Waals surface area contributed by atoms with Gasteiger partial charge in [0.05, 0.1) is 11.4 Å². The highest BCUT2D eigenvalue weighted by molar-refractivity contribution is 5.76. The molecule has 1 aliphatic rings. The first-order chi connectivity index (χ1) is 10.1. The Balaban J connectivity index is 2.05. The average molecular weight is 288 g/mol. The van der Waals surface area contributed by atoms with Crippen LogP contribution in [0.5, 0.6) is 0 Å². The standard InChI is InChI=1S/C15H20N4O2/c1-3-9-8-12(19(4-2)18-9)14-16-11-7-5-6-10(15(20)21)13(11)17-14/h8,10H,3-7H2,1-2H3,(H,16,17)(H,20,21). The maximum Gasteiger partial charge on any atom is 0.312 e. The predicted octanol–water partition coefficient (Wildman–Crippen LogP) is 2.36. The Labute approximate surface area is 123 Å². The lowest BCUT2D eigenvalue weighted by atomic mass is 9.90. The van der Waals surface area contributed by atoms with E-state index < -0.39 is 11.9 Å². The van der Waals surface area contributed by atoms with Crippen LogP contribution < -0.4 is 0 Å². The van der Waals surface area contributed by atoms with E-state index in [1.165, 1.54) is 0 Å². The molecule has 0 saturated heterocycles. The molecule has 0 saturated carbocycles. The molecule has 0 amide bonds. The first-order valence-electron chi connectivity index (χ1n) is 7.52. The van der Waals surface area contributed by atoms with Crippen molar-refractivity contribution in [3.63, 3.8) is 0 Å². The van der Waals surface area contributed by atoms with Crippen LogP contribution >= 0.6 is 0 Å². The minimum absolute atomic E-state index is 0.484. The molecular weight excluding hydrogens is 268 g/mol. The number of nitrogens with zero attached hydrogens (tertiary/aromatic N) is 3. The van der Waals surface area contributed by atoms with Gasteiger partial charge in [0.15, 0.2) is 5.82 Å². The van der Waals surface area contributed by atoms with Crippen LogP contribution in [0.1, 0.15) is 49.7 Å². The summed E-state index contributed by atoms with van der Waals surface area (Å²) in [5.74, 6) is -0.531. The van der Waals surface area contributed by atoms with Gasteiger partial charge in [-0.2, -0.15) is 5.10 Å². The average Bonchev–Trinajstić information content (AvgIpc) is 3.09. The van der Waals surface area contributed by atoms with Crippen LogP contribution in [0.15, 0.2) is 6.07 Å². The molecule has 0 bridgehead atoms. The topological polar surface area (TPSA) is 83.8 Å². The molecule has 2 aromatic heterocycles. The fourth-order valence-corrected chi connectivity index (χ4v) is 2.96. The number of fused-ring (bicyclic) bond motifs is 1. The second-order valence-corrected chi connectivity index (χ2v) is 5.42. The molecule has 0 fully saturated rings. The van der Waals surface area contributed by atoms with Crippen molar-refractivity contribution in [2.75, 3.05) is 0 Å². The summed E-state index contributed by atoms with van der Waals surface area (Å²) in [4.78, 5) is 19.3. The number of carbonyl (C=O) groups is 1. The van der Waals surface area contributed by atoms with Crippen LogP contribution in [-0.4, -0.2) is 30.8 Å². The summed E-state index contributed by atoms with van der Waals surface area (Å²) in [5.41, 5.74) is 3.63. The van der Waals surface area contributed by atoms with E-state index in [1.54, 1.807) is 0 Å². The van der Waals surface area contributed by atoms with Gasteiger partial charge in [0.25, 0.3) is 0 Å². The van der Waals surface area contributed by atoms with E-state index in [0.717, 1.165) is 48.7 Å². The van der Waals surface area contributed by atoms with Crippen LogP contribution in [0.2, 0.25) is 0 Å². The number of H-pyrrole nitrogens is 1. The van der Waals surface area contributed by atoms with Gasteiger partial charge in [-0.05, 0) is 38.7 Å². The Morgan fingerprint density at radius 3 is 3.00 bits per heavy atom. The van der Waals surface area contributed by atoms with Gasteiger partial charge in [0.1, 0.15) is 11.6 Å². The Morgan fingerprint density at radius 2 is 2.33 bits per heavy atom. The van der Waals surface area contributed by atoms with E-state index in [9.17, 15) is 9.90 Å². The second-order valence-electron chi connectivity index (χ2n) is 5.42. The molecule has 0 aromatic carbocycles. The fraction of sp³-hybridized carbons (Fsp3) is 0.533. The first kappa shape index (κ1) is 13.9. The number of imidazole rings is 1. The van der Waals surface area contributed by atoms with Crippen molar-refractivity contribution in [3.8, 4) is 11.5 Å². The molecule has 1 atom stereocenters. The molecule has 2 aromatic rings. The van der Waals surface area contributed by atoms with Gasteiger partial charge >= 0.3 is 5.97 Å². The molecule has 3 rings (SSSR count). The van der Waals surface area contributed by atoms with E-state index in [-0.39, 0.29) is 0 Å². The Kier molecular flexibility index (Phi) is 3.53. The van der Waals surface area contributed by atoms with Gasteiger partial charge in [-0.25, -0.2) is 4.98 Å². The number of hydrogen-bond acceptors (Lipinski definition) is 3. The lowest BCUT2D eigenvalue weighted by molar-refractivity contribution is -0.139. The van der Waals surface area contributed by atoms with Gasteiger partial charge in [-0.15, -0.1) is 0 Å². The molecule has 21 heavy (non-hydrogen) atoms. The van der Waals surface area contributed by atoms with Crippen molar-refractivity contribution in [2.24, 2.45) is 0 Å². The highest BCUT2D eigenvalue weighted by Crippen LogP contribution is 2.32. The quantitative estimate of drug-likeness (QED) is 0.904. The summed E-state index contributed by atoms with van der Waals surface area (Å²) in [7, 11) is 0. The van der Waals surface area contributed by atoms with Crippen LogP contribution in [0.3, 0.4) is 0 Å². The number of hydrogen-bond donors (Lipinski definition) is 2. The number of nitrogens with one attached hydrogen (secondary N) is 1. The van der Waals surface area contributed by atoms with Crippen molar-refractivity contribution < 1.29 is 9.90 Å². The van der Waals surface area contributed by atoms with E-state index in [2.05, 4.69) is 22.0 Å². The van der Waals surface area contributed by atoms with Gasteiger partial charge in [-0.3, -0.25) is 9.48 Å². The summed E-state index contributed by atoms with van der Waals surface area (Å²) in [6.45, 7) is 4.88. The summed E-state index contributed by atoms with van der Waals surface area (Å²) in [6.07, 6.45) is 3.30. The SMILES string of the molecule is CCc1cc(-c2nc3c([nH]2)CCCC3C(=O)O)n(CC)n1. The monoisotopic (exact) mass is 288 g/mol. The van der Waals surface area contributed by atoms with Crippen LogP contribution in [-0.2, 0) is 24.2 Å². The van der Waals surface area contributed by atoms with Crippen LogP contribution in [0.4, 0.5) is 0 Å². The molecule has 1 aliphatic carbocycles. The van der Waals surface area contributed by atoms with E-state index in [1.807, 2.05) is 17.7 Å². The molecule has 0 aliphatic heterocycles. The number of aromatic nitrogens is 4. The smallest absolute Gasteiger partial charge is 0.312 e. The minimum Gasteiger partial charge on any atom is -0.481 e. The lowest BCUT2D eigenvalue weighted by Crippen LogP contribution is -2.17. The molecule has 6 nitrogen and oxygen atoms in total. The van der Waals surface area contributed by atoms with Crippen LogP contribution in [0, 0.1) is 0 Å². The number of aliphatic carboxylic acids is 1. The highest BCUT2D eigenvalue weighted by Gasteiger charge is 2.30. The molecule has 112 valence electrons. The Hall–Kier alpha value is -2.11. The highest BCUT2D eigenvalue weighted by atomic mass is 16.4. The summed E-state index contributed by atoms with van der Waals surface area (Å²) in [6, 6.07) is 2.03. The zero-order valence-corrected chi connectivity index (χ0v) is 12.4. The number of carboxylic acid groups (broad SMARTS) is 1. The first-order valence-corrected chi connectivity index (χ1v) is 7.52. The minimum atomic E-state index is -0.785. The van der Waals surface area contributed by atoms with Crippen molar-refractivity contribution in [2.45, 2.75) is 52.0 Å². The second kappa shape index (κ2) is 5.35. The lowest BCUT2D eigenvalue weighted by Gasteiger charge is -2.16. The van der Waals surface area contributed by atoms with E-state index >= 15 is 0 Å². The predicted molar refractivity (Wildman–Crippen MR) is 78.2 cm³/mol. The third kappa shape index (κ3) is 2.34. The van der Waals surface area contributed by atoms with Gasteiger partial charge in [0, 0.05) is 12.2 Å². The Bertz CT molecular complexity index is 671. The molecule has 0 radical (unpaired) electrons. The van der Waals surface area contributed by atoms with Crippen molar-refractivity contribution in [1.29, 1.82) is 0 Å². The van der Waals surface area contributed by atoms with Gasteiger partial charge in [0.2, 0.25) is 0 Å². The normalized spacial score (nSPS) is 17.7. The number of aromatic amines is 1. The number of rotatable bonds is 4. The van der Waals surface area contributed by atoms with Gasteiger partial charge < -0.3 is 10.1 Å². The zero-order valence-electron chi connectivity index (χ0n) is 12.4. The maximum atomic E-state index is 11.4. The van der Waals surface area contributed by atoms with Crippen molar-refractivity contribution in [3.05, 3.63) is 23.1 Å². The Morgan fingerprint density at radius 1 is 1.52 bits per heavy atom. The molecule has 6 heteroatoms. The molecular formula is C15H20N4O2. The van der Waals surface area contributed by atoms with E-state index in [4.69, 9.17) is 0 Å². The number of aryl methyl sites for hydroxylation is 3. The third-order valence-corrected chi connectivity index (χ3v) is 4.09. The van der Waals surface area contributed by atoms with E-state index in [0.29, 0.717) is 12.1 Å². The maximum absolute atomic E-state index is 11.4. The van der Waals surface area contributed by atoms with Gasteiger partial charge in [-0.1, -0.05) is 6.92 Å². The summed E-state index contributed by atoms with van der Waals surface area (Å²) < 4.78 is 1.92. The molecule has 0 spiro atoms. The zero-order chi connectivity index (χ0) is 15.0. The summed E-state index contributed by atoms with van der Waals surface area (Å²) >= 11 is 0. The van der Waals surface area contributed by atoms with Crippen LogP contribution in [0.25, 0.3) is 11.5 Å². The largest absolute Gasteiger partial charge is 0.481 e. The fourth-order valence-electron chi connectivity index (χ4n) is 2.96. The van der Waals surface area contributed by atoms with Crippen molar-refractivity contribution in [1.82, 2.24) is 19.7 Å².